The molecule has 104 valence electrons. The van der Waals surface area contributed by atoms with Gasteiger partial charge in [0.2, 0.25) is 0 Å². The first kappa shape index (κ1) is 12.9. The van der Waals surface area contributed by atoms with Crippen molar-refractivity contribution in [3.8, 4) is 0 Å². The zero-order valence-corrected chi connectivity index (χ0v) is 12.4. The lowest BCUT2D eigenvalue weighted by atomic mass is 9.80. The Morgan fingerprint density at radius 3 is 2.22 bits per heavy atom. The SMILES string of the molecule is CN1C2CCCC1CC(NC1CCCC1(C)C)C2. The summed E-state index contributed by atoms with van der Waals surface area (Å²) in [5.41, 5.74) is 0.526. The van der Waals surface area contributed by atoms with Crippen molar-refractivity contribution in [2.24, 2.45) is 5.41 Å². The molecule has 2 bridgehead atoms. The normalized spacial score (nSPS) is 44.2. The highest BCUT2D eigenvalue weighted by atomic mass is 15.2. The van der Waals surface area contributed by atoms with E-state index in [1.54, 1.807) is 0 Å². The van der Waals surface area contributed by atoms with Crippen LogP contribution in [0.4, 0.5) is 0 Å². The first-order valence-electron chi connectivity index (χ1n) is 8.04. The molecule has 3 unspecified atom stereocenters. The van der Waals surface area contributed by atoms with Crippen LogP contribution >= 0.6 is 0 Å². The van der Waals surface area contributed by atoms with Gasteiger partial charge in [-0.2, -0.15) is 0 Å². The largest absolute Gasteiger partial charge is 0.311 e. The lowest BCUT2D eigenvalue weighted by molar-refractivity contribution is 0.0420. The van der Waals surface area contributed by atoms with Gasteiger partial charge in [0.05, 0.1) is 0 Å². The van der Waals surface area contributed by atoms with Crippen molar-refractivity contribution in [3.63, 3.8) is 0 Å². The minimum Gasteiger partial charge on any atom is -0.311 e. The number of rotatable bonds is 2. The van der Waals surface area contributed by atoms with Gasteiger partial charge in [-0.25, -0.2) is 0 Å². The van der Waals surface area contributed by atoms with Crippen molar-refractivity contribution in [3.05, 3.63) is 0 Å². The van der Waals surface area contributed by atoms with E-state index in [1.165, 1.54) is 51.4 Å². The van der Waals surface area contributed by atoms with Crippen molar-refractivity contribution in [2.75, 3.05) is 7.05 Å². The number of nitrogens with one attached hydrogen (secondary N) is 1. The Morgan fingerprint density at radius 1 is 1.00 bits per heavy atom. The average molecular weight is 250 g/mol. The highest BCUT2D eigenvalue weighted by Gasteiger charge is 2.40. The molecule has 1 aliphatic carbocycles. The van der Waals surface area contributed by atoms with Crippen LogP contribution in [0.15, 0.2) is 0 Å². The predicted molar refractivity (Wildman–Crippen MR) is 76.8 cm³/mol. The maximum Gasteiger partial charge on any atom is 0.0121 e. The summed E-state index contributed by atoms with van der Waals surface area (Å²) in [6.07, 6.45) is 11.3. The van der Waals surface area contributed by atoms with Gasteiger partial charge in [0, 0.05) is 24.2 Å². The molecule has 3 fully saturated rings. The third-order valence-electron chi connectivity index (χ3n) is 6.03. The Bertz CT molecular complexity index is 285. The minimum atomic E-state index is 0.526. The minimum absolute atomic E-state index is 0.526. The molecule has 3 rings (SSSR count). The van der Waals surface area contributed by atoms with Crippen LogP contribution < -0.4 is 5.32 Å². The molecule has 1 saturated carbocycles. The molecular formula is C16H30N2. The number of nitrogens with zero attached hydrogens (tertiary/aromatic N) is 1. The van der Waals surface area contributed by atoms with Crippen molar-refractivity contribution >= 4 is 0 Å². The summed E-state index contributed by atoms with van der Waals surface area (Å²) in [4.78, 5) is 2.67. The zero-order chi connectivity index (χ0) is 12.8. The Hall–Kier alpha value is -0.0800. The summed E-state index contributed by atoms with van der Waals surface area (Å²) in [7, 11) is 2.35. The van der Waals surface area contributed by atoms with Gasteiger partial charge < -0.3 is 10.2 Å². The Labute approximate surface area is 113 Å². The molecule has 0 aromatic heterocycles. The summed E-state index contributed by atoms with van der Waals surface area (Å²) in [5.74, 6) is 0. The first-order chi connectivity index (χ1) is 8.56. The van der Waals surface area contributed by atoms with Crippen molar-refractivity contribution < 1.29 is 0 Å². The van der Waals surface area contributed by atoms with Crippen LogP contribution in [0.25, 0.3) is 0 Å². The van der Waals surface area contributed by atoms with Crippen molar-refractivity contribution in [1.29, 1.82) is 0 Å². The van der Waals surface area contributed by atoms with E-state index in [9.17, 15) is 0 Å². The zero-order valence-electron chi connectivity index (χ0n) is 12.4. The summed E-state index contributed by atoms with van der Waals surface area (Å²) >= 11 is 0. The van der Waals surface area contributed by atoms with Crippen LogP contribution in [0.5, 0.6) is 0 Å². The number of hydrogen-bond donors (Lipinski definition) is 1. The topological polar surface area (TPSA) is 15.3 Å². The summed E-state index contributed by atoms with van der Waals surface area (Å²) in [6, 6.07) is 3.28. The van der Waals surface area contributed by atoms with E-state index in [0.29, 0.717) is 5.41 Å². The Kier molecular flexibility index (Phi) is 3.44. The van der Waals surface area contributed by atoms with E-state index in [0.717, 1.165) is 24.2 Å². The quantitative estimate of drug-likeness (QED) is 0.810. The smallest absolute Gasteiger partial charge is 0.0121 e. The van der Waals surface area contributed by atoms with Gasteiger partial charge in [0.1, 0.15) is 0 Å². The van der Waals surface area contributed by atoms with Crippen LogP contribution in [0, 0.1) is 5.41 Å². The molecule has 0 aromatic rings. The van der Waals surface area contributed by atoms with Crippen molar-refractivity contribution in [2.45, 2.75) is 89.4 Å². The van der Waals surface area contributed by atoms with Crippen LogP contribution in [-0.2, 0) is 0 Å². The fourth-order valence-corrected chi connectivity index (χ4v) is 4.67. The third-order valence-corrected chi connectivity index (χ3v) is 6.03. The van der Waals surface area contributed by atoms with Crippen LogP contribution in [-0.4, -0.2) is 36.1 Å². The maximum absolute atomic E-state index is 4.03. The molecule has 0 amide bonds. The van der Waals surface area contributed by atoms with E-state index in [2.05, 4.69) is 31.1 Å². The van der Waals surface area contributed by atoms with Crippen molar-refractivity contribution in [1.82, 2.24) is 10.2 Å². The monoisotopic (exact) mass is 250 g/mol. The molecule has 2 heterocycles. The summed E-state index contributed by atoms with van der Waals surface area (Å²) < 4.78 is 0. The number of hydrogen-bond acceptors (Lipinski definition) is 2. The second-order valence-corrected chi connectivity index (χ2v) is 7.67. The fraction of sp³-hybridized carbons (Fsp3) is 1.00. The summed E-state index contributed by atoms with van der Waals surface area (Å²) in [5, 5.41) is 4.03. The Balaban J connectivity index is 1.61. The van der Waals surface area contributed by atoms with Crippen LogP contribution in [0.3, 0.4) is 0 Å². The molecule has 3 aliphatic rings. The van der Waals surface area contributed by atoms with E-state index in [1.807, 2.05) is 0 Å². The van der Waals surface area contributed by atoms with Gasteiger partial charge >= 0.3 is 0 Å². The lowest BCUT2D eigenvalue weighted by Gasteiger charge is -2.48. The van der Waals surface area contributed by atoms with Gasteiger partial charge in [-0.15, -0.1) is 0 Å². The highest BCUT2D eigenvalue weighted by Crippen LogP contribution is 2.39. The highest BCUT2D eigenvalue weighted by molar-refractivity contribution is 4.98. The lowest BCUT2D eigenvalue weighted by Crippen LogP contribution is -2.56. The standard InChI is InChI=1S/C16H30N2/c1-16(2)9-5-8-15(16)17-12-10-13-6-4-7-14(11-12)18(13)3/h12-15,17H,4-11H2,1-3H3. The van der Waals surface area contributed by atoms with Gasteiger partial charge in [0.25, 0.3) is 0 Å². The molecule has 2 saturated heterocycles. The number of piperidine rings is 2. The number of fused-ring (bicyclic) bond motifs is 2. The predicted octanol–water partition coefficient (Wildman–Crippen LogP) is 3.17. The molecule has 18 heavy (non-hydrogen) atoms. The third kappa shape index (κ3) is 2.34. The van der Waals surface area contributed by atoms with E-state index >= 15 is 0 Å². The molecular weight excluding hydrogens is 220 g/mol. The summed E-state index contributed by atoms with van der Waals surface area (Å²) in [6.45, 7) is 4.90. The van der Waals surface area contributed by atoms with Gasteiger partial charge in [-0.05, 0) is 51.0 Å². The van der Waals surface area contributed by atoms with Gasteiger partial charge in [-0.3, -0.25) is 0 Å². The van der Waals surface area contributed by atoms with E-state index in [4.69, 9.17) is 0 Å². The second-order valence-electron chi connectivity index (χ2n) is 7.67. The Morgan fingerprint density at radius 2 is 1.67 bits per heavy atom. The van der Waals surface area contributed by atoms with E-state index in [-0.39, 0.29) is 0 Å². The van der Waals surface area contributed by atoms with Gasteiger partial charge in [0.15, 0.2) is 0 Å². The van der Waals surface area contributed by atoms with E-state index < -0.39 is 0 Å². The second kappa shape index (κ2) is 4.79. The molecule has 1 N–H and O–H groups in total. The van der Waals surface area contributed by atoms with Crippen LogP contribution in [0.2, 0.25) is 0 Å². The molecule has 2 nitrogen and oxygen atoms in total. The van der Waals surface area contributed by atoms with Crippen LogP contribution in [0.1, 0.15) is 65.2 Å². The first-order valence-corrected chi connectivity index (χ1v) is 8.04. The van der Waals surface area contributed by atoms with Gasteiger partial charge in [-0.1, -0.05) is 26.7 Å². The molecule has 2 aliphatic heterocycles. The molecule has 0 radical (unpaired) electrons. The maximum atomic E-state index is 4.03. The molecule has 0 spiro atoms. The molecule has 0 aromatic carbocycles. The molecule has 2 heteroatoms. The fourth-order valence-electron chi connectivity index (χ4n) is 4.67. The average Bonchev–Trinajstić information content (AvgIpc) is 2.60. The molecule has 3 atom stereocenters.